The third-order valence-electron chi connectivity index (χ3n) is 7.17. The molecule has 3 heterocycles. The van der Waals surface area contributed by atoms with Crippen LogP contribution in [-0.2, 0) is 36.1 Å². The summed E-state index contributed by atoms with van der Waals surface area (Å²) in [4.78, 5) is 32.5. The zero-order valence-corrected chi connectivity index (χ0v) is 21.6. The van der Waals surface area contributed by atoms with E-state index < -0.39 is 23.3 Å². The summed E-state index contributed by atoms with van der Waals surface area (Å²) in [6.45, 7) is 1.11. The average molecular weight is 543 g/mol. The molecule has 0 aliphatic carbocycles. The molecule has 2 amide bonds. The number of nitrogens with two attached hydrogens (primary N) is 1. The molecule has 0 radical (unpaired) electrons. The van der Waals surface area contributed by atoms with E-state index in [4.69, 9.17) is 10.5 Å². The van der Waals surface area contributed by atoms with Gasteiger partial charge in [0.25, 0.3) is 11.8 Å². The second-order valence-electron chi connectivity index (χ2n) is 10.0. The summed E-state index contributed by atoms with van der Waals surface area (Å²) >= 11 is 0. The zero-order chi connectivity index (χ0) is 27.9. The van der Waals surface area contributed by atoms with Crippen molar-refractivity contribution in [3.8, 4) is 0 Å². The quantitative estimate of drug-likeness (QED) is 0.464. The predicted molar refractivity (Wildman–Crippen MR) is 137 cm³/mol. The Kier molecular flexibility index (Phi) is 6.85. The topological polar surface area (TPSA) is 106 Å². The van der Waals surface area contributed by atoms with Crippen molar-refractivity contribution in [1.82, 2.24) is 24.7 Å². The molecule has 0 unspecified atom stereocenters. The Morgan fingerprint density at radius 3 is 2.26 bits per heavy atom. The lowest BCUT2D eigenvalue weighted by molar-refractivity contribution is -0.174. The molecule has 5 rings (SSSR count). The van der Waals surface area contributed by atoms with Gasteiger partial charge in [-0.2, -0.15) is 13.2 Å². The highest BCUT2D eigenvalue weighted by Crippen LogP contribution is 2.46. The first kappa shape index (κ1) is 26.7. The van der Waals surface area contributed by atoms with Gasteiger partial charge in [0.2, 0.25) is 0 Å². The SMILES string of the molecule is CN(C)C(=O)c1ccc(CN2CCn3c(C(=O)NCc4ccc(N)cc4)nc(C(F)(F)F)c3C23COC3)cc1. The summed E-state index contributed by atoms with van der Waals surface area (Å²) in [7, 11) is 3.33. The lowest BCUT2D eigenvalue weighted by Gasteiger charge is -2.52. The Bertz CT molecular complexity index is 1380. The predicted octanol–water partition coefficient (Wildman–Crippen LogP) is 2.86. The van der Waals surface area contributed by atoms with Crippen molar-refractivity contribution < 1.29 is 27.5 Å². The minimum absolute atomic E-state index is 0.0471. The second-order valence-corrected chi connectivity index (χ2v) is 10.0. The number of rotatable bonds is 6. The van der Waals surface area contributed by atoms with Crippen molar-refractivity contribution in [2.24, 2.45) is 0 Å². The van der Waals surface area contributed by atoms with E-state index in [0.29, 0.717) is 24.3 Å². The first-order valence-corrected chi connectivity index (χ1v) is 12.4. The van der Waals surface area contributed by atoms with E-state index in [-0.39, 0.29) is 43.7 Å². The fourth-order valence-corrected chi connectivity index (χ4v) is 5.07. The van der Waals surface area contributed by atoms with Crippen LogP contribution in [0, 0.1) is 0 Å². The van der Waals surface area contributed by atoms with Gasteiger partial charge in [0, 0.05) is 51.5 Å². The van der Waals surface area contributed by atoms with E-state index in [9.17, 15) is 22.8 Å². The molecule has 0 bridgehead atoms. The monoisotopic (exact) mass is 542 g/mol. The molecule has 3 aromatic rings. The Labute approximate surface area is 223 Å². The van der Waals surface area contributed by atoms with Gasteiger partial charge in [-0.15, -0.1) is 0 Å². The molecule has 1 saturated heterocycles. The maximum atomic E-state index is 14.3. The van der Waals surface area contributed by atoms with Gasteiger partial charge in [-0.3, -0.25) is 14.5 Å². The van der Waals surface area contributed by atoms with Crippen LogP contribution >= 0.6 is 0 Å². The number of amides is 2. The standard InChI is InChI=1S/C27H29F3N6O3/c1-34(2)25(38)19-7-3-18(4-8-19)14-35-11-12-36-22(26(35)15-39-16-26)21(27(28,29)30)33-23(36)24(37)32-13-17-5-9-20(31)10-6-17/h3-10H,11-16,31H2,1-2H3,(H,32,37). The highest BCUT2D eigenvalue weighted by atomic mass is 19.4. The highest BCUT2D eigenvalue weighted by molar-refractivity contribution is 5.93. The number of anilines is 1. The van der Waals surface area contributed by atoms with Crippen molar-refractivity contribution in [2.45, 2.75) is 31.3 Å². The number of benzene rings is 2. The number of aromatic nitrogens is 2. The summed E-state index contributed by atoms with van der Waals surface area (Å²) in [5.74, 6) is -1.09. The smallest absolute Gasteiger partial charge is 0.399 e. The van der Waals surface area contributed by atoms with Gasteiger partial charge in [-0.05, 0) is 35.4 Å². The minimum atomic E-state index is -4.76. The fraction of sp³-hybridized carbons (Fsp3) is 0.370. The van der Waals surface area contributed by atoms with Crippen molar-refractivity contribution in [3.05, 3.63) is 82.4 Å². The maximum Gasteiger partial charge on any atom is 0.435 e. The molecule has 12 heteroatoms. The van der Waals surface area contributed by atoms with Crippen LogP contribution in [0.1, 0.15) is 43.5 Å². The molecule has 1 aromatic heterocycles. The number of nitrogens with zero attached hydrogens (tertiary/aromatic N) is 4. The van der Waals surface area contributed by atoms with Crippen LogP contribution in [0.4, 0.5) is 18.9 Å². The molecule has 1 fully saturated rings. The van der Waals surface area contributed by atoms with E-state index in [1.807, 2.05) is 4.90 Å². The van der Waals surface area contributed by atoms with Crippen LogP contribution in [0.5, 0.6) is 0 Å². The van der Waals surface area contributed by atoms with E-state index in [0.717, 1.165) is 11.1 Å². The first-order valence-electron chi connectivity index (χ1n) is 12.4. The van der Waals surface area contributed by atoms with Gasteiger partial charge in [-0.1, -0.05) is 24.3 Å². The maximum absolute atomic E-state index is 14.3. The van der Waals surface area contributed by atoms with E-state index in [1.54, 1.807) is 62.6 Å². The number of imidazole rings is 1. The van der Waals surface area contributed by atoms with Crippen LogP contribution in [0.15, 0.2) is 48.5 Å². The molecule has 1 spiro atoms. The first-order chi connectivity index (χ1) is 18.5. The van der Waals surface area contributed by atoms with Crippen molar-refractivity contribution in [2.75, 3.05) is 39.6 Å². The normalized spacial score (nSPS) is 16.4. The number of fused-ring (bicyclic) bond motifs is 2. The molecule has 0 saturated carbocycles. The molecule has 3 N–H and O–H groups in total. The summed E-state index contributed by atoms with van der Waals surface area (Å²) in [5, 5.41) is 2.68. The van der Waals surface area contributed by atoms with Gasteiger partial charge >= 0.3 is 6.18 Å². The number of hydrogen-bond acceptors (Lipinski definition) is 6. The number of nitrogens with one attached hydrogen (secondary N) is 1. The van der Waals surface area contributed by atoms with Gasteiger partial charge in [0.1, 0.15) is 5.54 Å². The van der Waals surface area contributed by atoms with Crippen LogP contribution in [-0.4, -0.2) is 65.0 Å². The Balaban J connectivity index is 1.43. The third-order valence-corrected chi connectivity index (χ3v) is 7.17. The lowest BCUT2D eigenvalue weighted by atomic mass is 9.86. The van der Waals surface area contributed by atoms with E-state index >= 15 is 0 Å². The number of halogens is 3. The summed E-state index contributed by atoms with van der Waals surface area (Å²) in [6.07, 6.45) is -4.76. The molecule has 2 aliphatic rings. The number of ether oxygens (including phenoxy) is 1. The average Bonchev–Trinajstić information content (AvgIpc) is 3.28. The zero-order valence-electron chi connectivity index (χ0n) is 21.6. The van der Waals surface area contributed by atoms with Crippen molar-refractivity contribution in [1.29, 1.82) is 0 Å². The summed E-state index contributed by atoms with van der Waals surface area (Å²) in [5.41, 5.74) is 6.18. The third kappa shape index (κ3) is 4.97. The number of carbonyl (C=O) groups excluding carboxylic acids is 2. The number of nitrogen functional groups attached to an aromatic ring is 1. The molecule has 206 valence electrons. The lowest BCUT2D eigenvalue weighted by Crippen LogP contribution is -2.63. The Hall–Kier alpha value is -3.90. The number of hydrogen-bond donors (Lipinski definition) is 2. The minimum Gasteiger partial charge on any atom is -0.399 e. The van der Waals surface area contributed by atoms with Crippen LogP contribution < -0.4 is 11.1 Å². The van der Waals surface area contributed by atoms with Gasteiger partial charge < -0.3 is 25.3 Å². The Morgan fingerprint density at radius 2 is 1.69 bits per heavy atom. The van der Waals surface area contributed by atoms with Crippen molar-refractivity contribution in [3.63, 3.8) is 0 Å². The van der Waals surface area contributed by atoms with E-state index in [2.05, 4.69) is 10.3 Å². The largest absolute Gasteiger partial charge is 0.435 e. The van der Waals surface area contributed by atoms with Crippen LogP contribution in [0.3, 0.4) is 0 Å². The molecular weight excluding hydrogens is 513 g/mol. The van der Waals surface area contributed by atoms with E-state index in [1.165, 1.54) is 9.47 Å². The molecule has 0 atom stereocenters. The fourth-order valence-electron chi connectivity index (χ4n) is 5.07. The van der Waals surface area contributed by atoms with Gasteiger partial charge in [-0.25, -0.2) is 4.98 Å². The summed E-state index contributed by atoms with van der Waals surface area (Å²) in [6, 6.07) is 13.9. The van der Waals surface area contributed by atoms with Crippen molar-refractivity contribution >= 4 is 17.5 Å². The van der Waals surface area contributed by atoms with Gasteiger partial charge in [0.05, 0.1) is 18.9 Å². The second kappa shape index (κ2) is 10.0. The molecule has 2 aromatic carbocycles. The van der Waals surface area contributed by atoms with Gasteiger partial charge in [0.15, 0.2) is 11.5 Å². The molecular formula is C27H29F3N6O3. The number of carbonyl (C=O) groups is 2. The number of alkyl halides is 3. The van der Waals surface area contributed by atoms with Crippen LogP contribution in [0.2, 0.25) is 0 Å². The highest BCUT2D eigenvalue weighted by Gasteiger charge is 2.56. The summed E-state index contributed by atoms with van der Waals surface area (Å²) < 4.78 is 49.7. The van der Waals surface area contributed by atoms with Crippen LogP contribution in [0.25, 0.3) is 0 Å². The molecule has 2 aliphatic heterocycles. The molecule has 39 heavy (non-hydrogen) atoms. The Morgan fingerprint density at radius 1 is 1.05 bits per heavy atom. The molecule has 9 nitrogen and oxygen atoms in total.